The Morgan fingerprint density at radius 3 is 2.36 bits per heavy atom. The first-order chi connectivity index (χ1) is 12.0. The van der Waals surface area contributed by atoms with Gasteiger partial charge in [-0.3, -0.25) is 4.79 Å². The van der Waals surface area contributed by atoms with Crippen LogP contribution in [0.3, 0.4) is 0 Å². The minimum Gasteiger partial charge on any atom is -0.508 e. The predicted octanol–water partition coefficient (Wildman–Crippen LogP) is 5.18. The van der Waals surface area contributed by atoms with Crippen molar-refractivity contribution in [2.75, 3.05) is 0 Å². The highest BCUT2D eigenvalue weighted by atomic mass is 16.4. The summed E-state index contributed by atoms with van der Waals surface area (Å²) in [6, 6.07) is 0. The Morgan fingerprint density at radius 2 is 1.68 bits per heavy atom. The largest absolute Gasteiger partial charge is 0.508 e. The fraction of sp³-hybridized carbons (Fsp3) is 0.650. The van der Waals surface area contributed by atoms with Crippen LogP contribution in [0.1, 0.15) is 77.6 Å². The van der Waals surface area contributed by atoms with Gasteiger partial charge >= 0.3 is 5.97 Å². The van der Waals surface area contributed by atoms with E-state index in [1.54, 1.807) is 6.08 Å². The number of hydrogen-bond donors (Lipinski definition) is 4. The van der Waals surface area contributed by atoms with Gasteiger partial charge in [-0.25, -0.2) is 0 Å². The molecule has 0 fully saturated rings. The number of aliphatic hydroxyl groups excluding tert-OH is 3. The molecule has 0 bridgehead atoms. The summed E-state index contributed by atoms with van der Waals surface area (Å²) in [5.74, 6) is -1.08. The molecule has 0 heterocycles. The second kappa shape index (κ2) is 15.8. The number of rotatable bonds is 15. The first kappa shape index (κ1) is 23.2. The van der Waals surface area contributed by atoms with Gasteiger partial charge in [0.2, 0.25) is 0 Å². The molecule has 0 aromatic rings. The van der Waals surface area contributed by atoms with Gasteiger partial charge in [-0.2, -0.15) is 0 Å². The average Bonchev–Trinajstić information content (AvgIpc) is 2.57. The number of allylic oxidation sites excluding steroid dienone is 3. The molecule has 25 heavy (non-hydrogen) atoms. The Bertz CT molecular complexity index is 437. The molecule has 0 spiro atoms. The molecular formula is C20H34O5. The number of hydrogen-bond acceptors (Lipinski definition) is 4. The summed E-state index contributed by atoms with van der Waals surface area (Å²) in [4.78, 5) is 10.4. The Labute approximate surface area is 151 Å². The van der Waals surface area contributed by atoms with Gasteiger partial charge in [-0.1, -0.05) is 57.3 Å². The zero-order valence-electron chi connectivity index (χ0n) is 15.4. The maximum atomic E-state index is 10.4. The maximum absolute atomic E-state index is 10.4. The molecule has 0 aromatic carbocycles. The van der Waals surface area contributed by atoms with E-state index in [2.05, 4.69) is 6.92 Å². The van der Waals surface area contributed by atoms with Gasteiger partial charge in [-0.15, -0.1) is 0 Å². The lowest BCUT2D eigenvalue weighted by Crippen LogP contribution is -2.01. The summed E-state index contributed by atoms with van der Waals surface area (Å²) in [5, 5.41) is 37.7. The van der Waals surface area contributed by atoms with Gasteiger partial charge in [0.15, 0.2) is 5.76 Å². The summed E-state index contributed by atoms with van der Waals surface area (Å²) >= 11 is 0. The second-order valence-electron chi connectivity index (χ2n) is 6.28. The molecule has 0 aliphatic carbocycles. The van der Waals surface area contributed by atoms with Crippen LogP contribution in [-0.4, -0.2) is 32.5 Å². The number of aliphatic carboxylic acids is 1. The van der Waals surface area contributed by atoms with Gasteiger partial charge in [0.1, 0.15) is 5.76 Å². The minimum absolute atomic E-state index is 0.116. The Morgan fingerprint density at radius 1 is 0.960 bits per heavy atom. The van der Waals surface area contributed by atoms with Crippen LogP contribution >= 0.6 is 0 Å². The average molecular weight is 354 g/mol. The monoisotopic (exact) mass is 354 g/mol. The van der Waals surface area contributed by atoms with E-state index in [0.717, 1.165) is 44.9 Å². The number of unbranched alkanes of at least 4 members (excludes halogenated alkanes) is 6. The van der Waals surface area contributed by atoms with Crippen molar-refractivity contribution in [2.24, 2.45) is 0 Å². The molecule has 0 radical (unpaired) electrons. The number of carbonyl (C=O) groups is 1. The van der Waals surface area contributed by atoms with Gasteiger partial charge < -0.3 is 20.4 Å². The molecular weight excluding hydrogens is 320 g/mol. The molecule has 0 aliphatic heterocycles. The van der Waals surface area contributed by atoms with Crippen LogP contribution in [0, 0.1) is 0 Å². The molecule has 0 saturated heterocycles. The van der Waals surface area contributed by atoms with Crippen LogP contribution in [0.25, 0.3) is 0 Å². The number of carboxylic acid groups (broad SMARTS) is 1. The van der Waals surface area contributed by atoms with Crippen molar-refractivity contribution in [1.29, 1.82) is 0 Å². The molecule has 0 amide bonds. The Kier molecular flexibility index (Phi) is 14.7. The summed E-state index contributed by atoms with van der Waals surface area (Å²) in [6.07, 6.45) is 14.7. The van der Waals surface area contributed by atoms with Crippen molar-refractivity contribution in [3.8, 4) is 0 Å². The van der Waals surface area contributed by atoms with Crippen LogP contribution in [0.5, 0.6) is 0 Å². The van der Waals surface area contributed by atoms with Crippen molar-refractivity contribution in [2.45, 2.75) is 83.7 Å². The fourth-order valence-electron chi connectivity index (χ4n) is 2.31. The SMILES string of the molecule is CCCCCC(O)C=CC(O)=C(O)CC=CCCCCCCC(=O)O. The molecule has 5 nitrogen and oxygen atoms in total. The van der Waals surface area contributed by atoms with E-state index in [4.69, 9.17) is 5.11 Å². The third-order valence-corrected chi connectivity index (χ3v) is 3.86. The van der Waals surface area contributed by atoms with E-state index in [-0.39, 0.29) is 24.4 Å². The highest BCUT2D eigenvalue weighted by Gasteiger charge is 2.02. The molecule has 1 unspecified atom stereocenters. The van der Waals surface area contributed by atoms with Gasteiger partial charge in [0.05, 0.1) is 6.10 Å². The standard InChI is InChI=1S/C20H34O5/c1-2-3-9-12-17(21)15-16-19(23)18(22)13-10-7-5-4-6-8-11-14-20(24)25/h7,10,15-17,21-23H,2-6,8-9,11-14H2,1H3,(H,24,25). The van der Waals surface area contributed by atoms with Crippen molar-refractivity contribution >= 4 is 5.97 Å². The van der Waals surface area contributed by atoms with E-state index in [1.165, 1.54) is 12.2 Å². The van der Waals surface area contributed by atoms with E-state index in [0.29, 0.717) is 12.8 Å². The van der Waals surface area contributed by atoms with Crippen LogP contribution in [0.15, 0.2) is 35.8 Å². The highest BCUT2D eigenvalue weighted by molar-refractivity contribution is 5.66. The van der Waals surface area contributed by atoms with Crippen molar-refractivity contribution in [3.05, 3.63) is 35.8 Å². The van der Waals surface area contributed by atoms with Crippen LogP contribution in [0.4, 0.5) is 0 Å². The van der Waals surface area contributed by atoms with E-state index in [1.807, 2.05) is 6.08 Å². The molecule has 0 saturated carbocycles. The molecule has 1 atom stereocenters. The quantitative estimate of drug-likeness (QED) is 0.140. The van der Waals surface area contributed by atoms with E-state index >= 15 is 0 Å². The topological polar surface area (TPSA) is 98.0 Å². The summed E-state index contributed by atoms with van der Waals surface area (Å²) < 4.78 is 0. The lowest BCUT2D eigenvalue weighted by molar-refractivity contribution is -0.137. The van der Waals surface area contributed by atoms with Crippen LogP contribution in [-0.2, 0) is 4.79 Å². The third-order valence-electron chi connectivity index (χ3n) is 3.86. The molecule has 4 N–H and O–H groups in total. The summed E-state index contributed by atoms with van der Waals surface area (Å²) in [5.41, 5.74) is 0. The third kappa shape index (κ3) is 15.5. The molecule has 144 valence electrons. The van der Waals surface area contributed by atoms with Gasteiger partial charge in [0.25, 0.3) is 0 Å². The van der Waals surface area contributed by atoms with E-state index < -0.39 is 12.1 Å². The van der Waals surface area contributed by atoms with Gasteiger partial charge in [-0.05, 0) is 31.8 Å². The zero-order chi connectivity index (χ0) is 18.9. The fourth-order valence-corrected chi connectivity index (χ4v) is 2.31. The second-order valence-corrected chi connectivity index (χ2v) is 6.28. The van der Waals surface area contributed by atoms with Gasteiger partial charge in [0, 0.05) is 12.8 Å². The summed E-state index contributed by atoms with van der Waals surface area (Å²) in [7, 11) is 0. The molecule has 5 heteroatoms. The highest BCUT2D eigenvalue weighted by Crippen LogP contribution is 2.10. The van der Waals surface area contributed by atoms with E-state index in [9.17, 15) is 20.1 Å². The molecule has 0 aliphatic rings. The molecule has 0 rings (SSSR count). The lowest BCUT2D eigenvalue weighted by atomic mass is 10.1. The Balaban J connectivity index is 3.90. The van der Waals surface area contributed by atoms with Crippen molar-refractivity contribution in [3.63, 3.8) is 0 Å². The van der Waals surface area contributed by atoms with Crippen LogP contribution in [0.2, 0.25) is 0 Å². The number of carboxylic acids is 1. The minimum atomic E-state index is -0.746. The van der Waals surface area contributed by atoms with Crippen molar-refractivity contribution in [1.82, 2.24) is 0 Å². The number of aliphatic hydroxyl groups is 3. The zero-order valence-corrected chi connectivity index (χ0v) is 15.4. The van der Waals surface area contributed by atoms with Crippen LogP contribution < -0.4 is 0 Å². The summed E-state index contributed by atoms with van der Waals surface area (Å²) in [6.45, 7) is 2.10. The Hall–Kier alpha value is -1.75. The first-order valence-corrected chi connectivity index (χ1v) is 9.31. The maximum Gasteiger partial charge on any atom is 0.303 e. The predicted molar refractivity (Wildman–Crippen MR) is 101 cm³/mol. The van der Waals surface area contributed by atoms with Crippen molar-refractivity contribution < 1.29 is 25.2 Å². The normalized spacial score (nSPS) is 14.2. The lowest BCUT2D eigenvalue weighted by Gasteiger charge is -2.04. The first-order valence-electron chi connectivity index (χ1n) is 9.31. The molecule has 0 aromatic heterocycles. The smallest absolute Gasteiger partial charge is 0.303 e.